The molecule has 30 heavy (non-hydrogen) atoms. The zero-order valence-electron chi connectivity index (χ0n) is 17.5. The number of benzene rings is 1. The van der Waals surface area contributed by atoms with Crippen molar-refractivity contribution < 1.29 is 5.11 Å². The van der Waals surface area contributed by atoms with Gasteiger partial charge < -0.3 is 14.6 Å². The smallest absolute Gasteiger partial charge is 0.259 e. The van der Waals surface area contributed by atoms with Crippen molar-refractivity contribution in [3.8, 4) is 5.75 Å². The Morgan fingerprint density at radius 1 is 1.07 bits per heavy atom. The summed E-state index contributed by atoms with van der Waals surface area (Å²) in [7, 11) is 0. The minimum Gasteiger partial charge on any atom is -0.507 e. The lowest BCUT2D eigenvalue weighted by Gasteiger charge is -2.40. The van der Waals surface area contributed by atoms with Crippen molar-refractivity contribution in [1.82, 2.24) is 14.5 Å². The number of pyridine rings is 2. The van der Waals surface area contributed by atoms with Crippen molar-refractivity contribution in [3.05, 3.63) is 88.1 Å². The number of anilines is 1. The summed E-state index contributed by atoms with van der Waals surface area (Å²) in [4.78, 5) is 22.2. The highest BCUT2D eigenvalue weighted by Gasteiger charge is 2.31. The van der Waals surface area contributed by atoms with Crippen LogP contribution in [0.25, 0.3) is 0 Å². The molecule has 3 aromatic rings. The van der Waals surface area contributed by atoms with E-state index >= 15 is 0 Å². The van der Waals surface area contributed by atoms with Crippen molar-refractivity contribution in [2.45, 2.75) is 26.4 Å². The molecule has 0 spiro atoms. The average molecular weight is 405 g/mol. The molecule has 0 radical (unpaired) electrons. The molecule has 1 fully saturated rings. The van der Waals surface area contributed by atoms with Crippen LogP contribution >= 0.6 is 0 Å². The van der Waals surface area contributed by atoms with Gasteiger partial charge in [0.25, 0.3) is 5.56 Å². The minimum atomic E-state index is -0.331. The molecule has 2 aromatic heterocycles. The maximum absolute atomic E-state index is 13.3. The second-order valence-corrected chi connectivity index (χ2v) is 7.68. The first kappa shape index (κ1) is 20.2. The monoisotopic (exact) mass is 404 g/mol. The first-order chi connectivity index (χ1) is 14.6. The van der Waals surface area contributed by atoms with Crippen LogP contribution in [-0.2, 0) is 6.54 Å². The molecule has 4 rings (SSSR count). The summed E-state index contributed by atoms with van der Waals surface area (Å²) in [5.41, 5.74) is 3.20. The van der Waals surface area contributed by atoms with Gasteiger partial charge in [-0.3, -0.25) is 14.7 Å². The summed E-state index contributed by atoms with van der Waals surface area (Å²) in [6.45, 7) is 7.66. The Bertz CT molecular complexity index is 1040. The number of rotatable bonds is 5. The predicted octanol–water partition coefficient (Wildman–Crippen LogP) is 3.19. The van der Waals surface area contributed by atoms with Crippen LogP contribution in [0.4, 0.5) is 5.69 Å². The summed E-state index contributed by atoms with van der Waals surface area (Å²) >= 11 is 0. The quantitative estimate of drug-likeness (QED) is 0.708. The number of piperazine rings is 1. The molecule has 0 aliphatic carbocycles. The molecule has 0 saturated carbocycles. The van der Waals surface area contributed by atoms with E-state index in [9.17, 15) is 9.90 Å². The number of hydrogen-bond acceptors (Lipinski definition) is 5. The van der Waals surface area contributed by atoms with Gasteiger partial charge in [-0.1, -0.05) is 24.3 Å². The first-order valence-electron chi connectivity index (χ1n) is 10.5. The van der Waals surface area contributed by atoms with Gasteiger partial charge in [0.15, 0.2) is 0 Å². The molecular weight excluding hydrogens is 376 g/mol. The van der Waals surface area contributed by atoms with Crippen LogP contribution in [0.5, 0.6) is 5.75 Å². The third-order valence-corrected chi connectivity index (χ3v) is 5.91. The Balaban J connectivity index is 1.71. The van der Waals surface area contributed by atoms with Gasteiger partial charge in [-0.2, -0.15) is 0 Å². The largest absolute Gasteiger partial charge is 0.507 e. The van der Waals surface area contributed by atoms with Crippen LogP contribution in [0.15, 0.2) is 65.7 Å². The van der Waals surface area contributed by atoms with Crippen LogP contribution in [0.2, 0.25) is 0 Å². The summed E-state index contributed by atoms with van der Waals surface area (Å²) in [5, 5.41) is 10.8. The maximum atomic E-state index is 13.3. The molecule has 1 saturated heterocycles. The van der Waals surface area contributed by atoms with E-state index < -0.39 is 0 Å². The minimum absolute atomic E-state index is 0.0570. The van der Waals surface area contributed by atoms with Crippen LogP contribution in [0, 0.1) is 6.92 Å². The fourth-order valence-corrected chi connectivity index (χ4v) is 4.39. The number of nitrogens with zero attached hydrogens (tertiary/aromatic N) is 4. The van der Waals surface area contributed by atoms with E-state index in [1.807, 2.05) is 32.0 Å². The predicted molar refractivity (Wildman–Crippen MR) is 119 cm³/mol. The molecular formula is C24H28N4O2. The third kappa shape index (κ3) is 3.83. The number of aromatic nitrogens is 2. The van der Waals surface area contributed by atoms with E-state index in [4.69, 9.17) is 0 Å². The standard InChI is InChI=1S/C24H28N4O2/c1-3-28-18(2)16-21(29)22(24(28)30)23(19-8-7-11-25-17-19)27-14-12-26(13-15-27)20-9-5-4-6-10-20/h4-11,16-17,23,29H,3,12-15H2,1-2H3/t23-/m1/s1. The lowest BCUT2D eigenvalue weighted by Crippen LogP contribution is -2.49. The average Bonchev–Trinajstić information content (AvgIpc) is 2.78. The molecule has 1 aliphatic rings. The Kier molecular flexibility index (Phi) is 5.86. The number of aromatic hydroxyl groups is 1. The van der Waals surface area contributed by atoms with Gasteiger partial charge in [-0.15, -0.1) is 0 Å². The van der Waals surface area contributed by atoms with E-state index in [0.717, 1.165) is 37.4 Å². The first-order valence-corrected chi connectivity index (χ1v) is 10.5. The molecule has 1 aliphatic heterocycles. The van der Waals surface area contributed by atoms with Gasteiger partial charge >= 0.3 is 0 Å². The summed E-state index contributed by atoms with van der Waals surface area (Å²) in [6.07, 6.45) is 3.52. The molecule has 3 heterocycles. The summed E-state index contributed by atoms with van der Waals surface area (Å²) in [5.74, 6) is 0.0570. The van der Waals surface area contributed by atoms with E-state index in [-0.39, 0.29) is 17.4 Å². The van der Waals surface area contributed by atoms with Crippen molar-refractivity contribution in [1.29, 1.82) is 0 Å². The zero-order chi connectivity index (χ0) is 21.1. The SMILES string of the molecule is CCn1c(C)cc(O)c([C@@H](c2cccnc2)N2CCN(c3ccccc3)CC2)c1=O. The Morgan fingerprint density at radius 2 is 1.80 bits per heavy atom. The van der Waals surface area contributed by atoms with Crippen LogP contribution < -0.4 is 10.5 Å². The van der Waals surface area contributed by atoms with Crippen molar-refractivity contribution >= 4 is 5.69 Å². The number of hydrogen-bond donors (Lipinski definition) is 1. The van der Waals surface area contributed by atoms with E-state index in [1.54, 1.807) is 23.0 Å². The Hall–Kier alpha value is -3.12. The second kappa shape index (κ2) is 8.71. The molecule has 0 unspecified atom stereocenters. The molecule has 1 atom stereocenters. The van der Waals surface area contributed by atoms with Crippen LogP contribution in [0.1, 0.15) is 29.8 Å². The fraction of sp³-hybridized carbons (Fsp3) is 0.333. The normalized spacial score (nSPS) is 15.9. The zero-order valence-corrected chi connectivity index (χ0v) is 17.5. The molecule has 6 heteroatoms. The molecule has 0 amide bonds. The van der Waals surface area contributed by atoms with Crippen molar-refractivity contribution in [2.75, 3.05) is 31.1 Å². The highest BCUT2D eigenvalue weighted by Crippen LogP contribution is 2.33. The van der Waals surface area contributed by atoms with Gasteiger partial charge in [-0.05, 0) is 43.7 Å². The van der Waals surface area contributed by atoms with Gasteiger partial charge in [0.1, 0.15) is 5.75 Å². The maximum Gasteiger partial charge on any atom is 0.259 e. The molecule has 6 nitrogen and oxygen atoms in total. The van der Waals surface area contributed by atoms with Crippen molar-refractivity contribution in [2.24, 2.45) is 0 Å². The lowest BCUT2D eigenvalue weighted by atomic mass is 9.97. The van der Waals surface area contributed by atoms with Crippen molar-refractivity contribution in [3.63, 3.8) is 0 Å². The van der Waals surface area contributed by atoms with Crippen LogP contribution in [-0.4, -0.2) is 45.7 Å². The topological polar surface area (TPSA) is 61.6 Å². The van der Waals surface area contributed by atoms with E-state index in [0.29, 0.717) is 12.1 Å². The Morgan fingerprint density at radius 3 is 2.43 bits per heavy atom. The number of para-hydroxylation sites is 1. The Labute approximate surface area is 177 Å². The highest BCUT2D eigenvalue weighted by atomic mass is 16.3. The van der Waals surface area contributed by atoms with Gasteiger partial charge in [0, 0.05) is 56.5 Å². The summed E-state index contributed by atoms with van der Waals surface area (Å²) in [6, 6.07) is 15.6. The summed E-state index contributed by atoms with van der Waals surface area (Å²) < 4.78 is 1.72. The molecule has 0 bridgehead atoms. The third-order valence-electron chi connectivity index (χ3n) is 5.91. The number of aryl methyl sites for hydroxylation is 1. The van der Waals surface area contributed by atoms with Gasteiger partial charge in [0.05, 0.1) is 11.6 Å². The van der Waals surface area contributed by atoms with E-state index in [2.05, 4.69) is 39.0 Å². The van der Waals surface area contributed by atoms with E-state index in [1.165, 1.54) is 5.69 Å². The highest BCUT2D eigenvalue weighted by molar-refractivity contribution is 5.47. The molecule has 1 aromatic carbocycles. The van der Waals surface area contributed by atoms with Crippen LogP contribution in [0.3, 0.4) is 0 Å². The molecule has 156 valence electrons. The lowest BCUT2D eigenvalue weighted by molar-refractivity contribution is 0.207. The van der Waals surface area contributed by atoms with Gasteiger partial charge in [0.2, 0.25) is 0 Å². The second-order valence-electron chi connectivity index (χ2n) is 7.68. The fourth-order valence-electron chi connectivity index (χ4n) is 4.39. The molecule has 1 N–H and O–H groups in total. The van der Waals surface area contributed by atoms with Gasteiger partial charge in [-0.25, -0.2) is 0 Å².